The van der Waals surface area contributed by atoms with Crippen molar-refractivity contribution in [2.24, 2.45) is 0 Å². The van der Waals surface area contributed by atoms with Crippen LogP contribution in [0.25, 0.3) is 11.4 Å². The fraction of sp³-hybridized carbons (Fsp3) is 0.348. The summed E-state index contributed by atoms with van der Waals surface area (Å²) in [5.74, 6) is 1.05. The Kier molecular flexibility index (Phi) is 7.52. The predicted octanol–water partition coefficient (Wildman–Crippen LogP) is 4.85. The zero-order chi connectivity index (χ0) is 21.5. The third-order valence-electron chi connectivity index (χ3n) is 4.95. The lowest BCUT2D eigenvalue weighted by atomic mass is 10.2. The number of carbonyl (C=O) groups excluding carboxylic acids is 1. The van der Waals surface area contributed by atoms with Crippen LogP contribution < -0.4 is 10.2 Å². The Hall–Kier alpha value is -2.80. The van der Waals surface area contributed by atoms with Crippen LogP contribution in [0.5, 0.6) is 0 Å². The van der Waals surface area contributed by atoms with Crippen molar-refractivity contribution >= 4 is 29.0 Å². The second-order valence-electron chi connectivity index (χ2n) is 6.97. The summed E-state index contributed by atoms with van der Waals surface area (Å²) < 4.78 is 2.05. The average Bonchev–Trinajstić information content (AvgIpc) is 3.18. The van der Waals surface area contributed by atoms with Crippen LogP contribution >= 0.6 is 11.8 Å². The van der Waals surface area contributed by atoms with Crippen molar-refractivity contribution < 1.29 is 4.79 Å². The van der Waals surface area contributed by atoms with Crippen LogP contribution in [0.1, 0.15) is 26.3 Å². The molecule has 0 fully saturated rings. The number of thioether (sulfide) groups is 1. The molecule has 30 heavy (non-hydrogen) atoms. The Morgan fingerprint density at radius 1 is 1.00 bits per heavy atom. The van der Waals surface area contributed by atoms with E-state index in [0.717, 1.165) is 47.4 Å². The molecule has 2 aromatic carbocycles. The van der Waals surface area contributed by atoms with Gasteiger partial charge in [0.05, 0.1) is 5.75 Å². The predicted molar refractivity (Wildman–Crippen MR) is 125 cm³/mol. The van der Waals surface area contributed by atoms with Crippen molar-refractivity contribution in [3.63, 3.8) is 0 Å². The van der Waals surface area contributed by atoms with E-state index in [2.05, 4.69) is 70.0 Å². The van der Waals surface area contributed by atoms with Gasteiger partial charge in [-0.2, -0.15) is 0 Å². The van der Waals surface area contributed by atoms with Crippen LogP contribution in [0.2, 0.25) is 0 Å². The summed E-state index contributed by atoms with van der Waals surface area (Å²) >= 11 is 1.40. The van der Waals surface area contributed by atoms with Gasteiger partial charge in [-0.25, -0.2) is 0 Å². The fourth-order valence-corrected chi connectivity index (χ4v) is 4.07. The molecule has 1 aromatic heterocycles. The fourth-order valence-electron chi connectivity index (χ4n) is 3.27. The van der Waals surface area contributed by atoms with E-state index in [4.69, 9.17) is 0 Å². The molecule has 7 heteroatoms. The number of aromatic nitrogens is 3. The number of hydrogen-bond acceptors (Lipinski definition) is 5. The molecular weight excluding hydrogens is 394 g/mol. The van der Waals surface area contributed by atoms with Gasteiger partial charge in [-0.3, -0.25) is 4.79 Å². The van der Waals surface area contributed by atoms with Crippen molar-refractivity contribution in [2.45, 2.75) is 39.4 Å². The summed E-state index contributed by atoms with van der Waals surface area (Å²) in [4.78, 5) is 14.6. The number of nitrogens with zero attached hydrogens (tertiary/aromatic N) is 4. The Bertz CT molecular complexity index is 962. The summed E-state index contributed by atoms with van der Waals surface area (Å²) in [7, 11) is 0. The van der Waals surface area contributed by atoms with Crippen molar-refractivity contribution in [2.75, 3.05) is 29.1 Å². The third kappa shape index (κ3) is 5.21. The molecule has 6 nitrogen and oxygen atoms in total. The standard InChI is InChI=1S/C23H29N5OS/c1-5-27(6-2)20-14-10-18(11-15-20)22-25-26-23(28(22)7-3)30-16-21(29)24-19-12-8-17(4)9-13-19/h8-15H,5-7,16H2,1-4H3,(H,24,29). The molecule has 3 aromatic rings. The Balaban J connectivity index is 1.68. The Morgan fingerprint density at radius 3 is 2.27 bits per heavy atom. The van der Waals surface area contributed by atoms with Gasteiger partial charge in [0, 0.05) is 36.6 Å². The van der Waals surface area contributed by atoms with Crippen LogP contribution in [0.4, 0.5) is 11.4 Å². The van der Waals surface area contributed by atoms with Gasteiger partial charge in [0.2, 0.25) is 5.91 Å². The first kappa shape index (κ1) is 21.9. The van der Waals surface area contributed by atoms with Crippen LogP contribution in [-0.2, 0) is 11.3 Å². The molecule has 0 saturated heterocycles. The minimum atomic E-state index is -0.0559. The molecular formula is C23H29N5OS. The molecule has 1 N–H and O–H groups in total. The van der Waals surface area contributed by atoms with E-state index in [1.165, 1.54) is 17.4 Å². The number of rotatable bonds is 9. The summed E-state index contributed by atoms with van der Waals surface area (Å²) in [6.45, 7) is 11.1. The number of aryl methyl sites for hydroxylation is 1. The number of carbonyl (C=O) groups is 1. The summed E-state index contributed by atoms with van der Waals surface area (Å²) in [5.41, 5.74) is 4.19. The van der Waals surface area contributed by atoms with Gasteiger partial charge < -0.3 is 14.8 Å². The molecule has 0 aliphatic heterocycles. The average molecular weight is 424 g/mol. The van der Waals surface area contributed by atoms with E-state index in [-0.39, 0.29) is 11.7 Å². The Labute approximate surface area is 182 Å². The summed E-state index contributed by atoms with van der Waals surface area (Å²) in [6, 6.07) is 16.2. The lowest BCUT2D eigenvalue weighted by molar-refractivity contribution is -0.113. The lowest BCUT2D eigenvalue weighted by Crippen LogP contribution is -2.21. The van der Waals surface area contributed by atoms with Gasteiger partial charge in [0.15, 0.2) is 11.0 Å². The number of hydrogen-bond donors (Lipinski definition) is 1. The van der Waals surface area contributed by atoms with Gasteiger partial charge in [-0.05, 0) is 64.1 Å². The topological polar surface area (TPSA) is 63.1 Å². The largest absolute Gasteiger partial charge is 0.372 e. The molecule has 0 atom stereocenters. The van der Waals surface area contributed by atoms with Crippen molar-refractivity contribution in [3.05, 3.63) is 54.1 Å². The van der Waals surface area contributed by atoms with Crippen molar-refractivity contribution in [1.82, 2.24) is 14.8 Å². The molecule has 0 saturated carbocycles. The molecule has 0 aliphatic rings. The SMILES string of the molecule is CCN(CC)c1ccc(-c2nnc(SCC(=O)Nc3ccc(C)cc3)n2CC)cc1. The number of anilines is 2. The molecule has 0 radical (unpaired) electrons. The second-order valence-corrected chi connectivity index (χ2v) is 7.91. The number of benzene rings is 2. The molecule has 0 unspecified atom stereocenters. The molecule has 0 bridgehead atoms. The minimum Gasteiger partial charge on any atom is -0.372 e. The number of nitrogens with one attached hydrogen (secondary N) is 1. The van der Waals surface area contributed by atoms with Gasteiger partial charge >= 0.3 is 0 Å². The summed E-state index contributed by atoms with van der Waals surface area (Å²) in [5, 5.41) is 12.4. The molecule has 158 valence electrons. The van der Waals surface area contributed by atoms with Crippen LogP contribution in [0.15, 0.2) is 53.7 Å². The maximum atomic E-state index is 12.3. The van der Waals surface area contributed by atoms with E-state index in [9.17, 15) is 4.79 Å². The quantitative estimate of drug-likeness (QED) is 0.499. The maximum Gasteiger partial charge on any atom is 0.234 e. The first-order valence-electron chi connectivity index (χ1n) is 10.3. The van der Waals surface area contributed by atoms with Gasteiger partial charge in [0.25, 0.3) is 0 Å². The monoisotopic (exact) mass is 423 g/mol. The van der Waals surface area contributed by atoms with Crippen LogP contribution in [-0.4, -0.2) is 39.5 Å². The van der Waals surface area contributed by atoms with Gasteiger partial charge in [-0.15, -0.1) is 10.2 Å². The first-order chi connectivity index (χ1) is 14.5. The van der Waals surface area contributed by atoms with Crippen LogP contribution in [0.3, 0.4) is 0 Å². The number of amides is 1. The van der Waals surface area contributed by atoms with Gasteiger partial charge in [0.1, 0.15) is 0 Å². The maximum absolute atomic E-state index is 12.3. The Morgan fingerprint density at radius 2 is 1.67 bits per heavy atom. The first-order valence-corrected chi connectivity index (χ1v) is 11.3. The molecule has 0 aliphatic carbocycles. The normalized spacial score (nSPS) is 10.8. The zero-order valence-electron chi connectivity index (χ0n) is 18.1. The van der Waals surface area contributed by atoms with E-state index in [0.29, 0.717) is 0 Å². The molecule has 1 amide bonds. The highest BCUT2D eigenvalue weighted by Gasteiger charge is 2.15. The lowest BCUT2D eigenvalue weighted by Gasteiger charge is -2.21. The second kappa shape index (κ2) is 10.3. The minimum absolute atomic E-state index is 0.0559. The van der Waals surface area contributed by atoms with E-state index in [1.54, 1.807) is 0 Å². The van der Waals surface area contributed by atoms with Gasteiger partial charge in [-0.1, -0.05) is 29.5 Å². The highest BCUT2D eigenvalue weighted by molar-refractivity contribution is 7.99. The highest BCUT2D eigenvalue weighted by Crippen LogP contribution is 2.26. The summed E-state index contributed by atoms with van der Waals surface area (Å²) in [6.07, 6.45) is 0. The smallest absolute Gasteiger partial charge is 0.234 e. The molecule has 3 rings (SSSR count). The van der Waals surface area contributed by atoms with E-state index >= 15 is 0 Å². The van der Waals surface area contributed by atoms with E-state index in [1.807, 2.05) is 31.2 Å². The molecule has 1 heterocycles. The highest BCUT2D eigenvalue weighted by atomic mass is 32.2. The van der Waals surface area contributed by atoms with Crippen molar-refractivity contribution in [3.8, 4) is 11.4 Å². The third-order valence-corrected chi connectivity index (χ3v) is 5.92. The van der Waals surface area contributed by atoms with E-state index < -0.39 is 0 Å². The van der Waals surface area contributed by atoms with Crippen molar-refractivity contribution in [1.29, 1.82) is 0 Å². The van der Waals surface area contributed by atoms with Crippen LogP contribution in [0, 0.1) is 6.92 Å². The molecule has 0 spiro atoms. The zero-order valence-corrected chi connectivity index (χ0v) is 18.9.